The van der Waals surface area contributed by atoms with Crippen molar-refractivity contribution in [1.29, 1.82) is 0 Å². The van der Waals surface area contributed by atoms with Gasteiger partial charge in [-0.3, -0.25) is 9.59 Å². The highest BCUT2D eigenvalue weighted by atomic mass is 32.2. The molecule has 1 fully saturated rings. The first-order chi connectivity index (χ1) is 7.69. The molecule has 1 N–H and O–H groups in total. The second kappa shape index (κ2) is 3.32. The lowest BCUT2D eigenvalue weighted by Crippen LogP contribution is -2.69. The summed E-state index contributed by atoms with van der Waals surface area (Å²) in [5, 5.41) is 8.80. The van der Waals surface area contributed by atoms with Crippen LogP contribution in [0.3, 0.4) is 0 Å². The molecule has 2 aliphatic rings. The summed E-state index contributed by atoms with van der Waals surface area (Å²) in [6.45, 7) is 2.71. The van der Waals surface area contributed by atoms with Crippen molar-refractivity contribution >= 4 is 21.9 Å². The van der Waals surface area contributed by atoms with Crippen LogP contribution in [0.1, 0.15) is 20.3 Å². The van der Waals surface area contributed by atoms with Crippen molar-refractivity contribution in [1.82, 2.24) is 4.31 Å². The fourth-order valence-corrected chi connectivity index (χ4v) is 3.70. The van der Waals surface area contributed by atoms with Crippen molar-refractivity contribution in [3.8, 4) is 0 Å². The van der Waals surface area contributed by atoms with E-state index in [1.165, 1.54) is 26.0 Å². The monoisotopic (exact) mass is 259 g/mol. The summed E-state index contributed by atoms with van der Waals surface area (Å²) in [4.78, 5) is 22.5. The molecule has 2 unspecified atom stereocenters. The van der Waals surface area contributed by atoms with Gasteiger partial charge in [-0.1, -0.05) is 12.2 Å². The van der Waals surface area contributed by atoms with Crippen LogP contribution in [0.4, 0.5) is 0 Å². The number of hydrogen-bond acceptors (Lipinski definition) is 4. The highest BCUT2D eigenvalue weighted by Crippen LogP contribution is 2.39. The average molecular weight is 259 g/mol. The molecule has 1 aliphatic carbocycles. The third-order valence-corrected chi connectivity index (χ3v) is 5.72. The van der Waals surface area contributed by atoms with Crippen LogP contribution in [0.5, 0.6) is 0 Å². The van der Waals surface area contributed by atoms with Gasteiger partial charge in [0, 0.05) is 0 Å². The second-order valence-electron chi connectivity index (χ2n) is 4.75. The Labute approximate surface area is 99.0 Å². The van der Waals surface area contributed by atoms with Gasteiger partial charge in [0.1, 0.15) is 0 Å². The van der Waals surface area contributed by atoms with E-state index < -0.39 is 38.6 Å². The molecule has 17 heavy (non-hydrogen) atoms. The zero-order valence-corrected chi connectivity index (χ0v) is 10.3. The number of carboxylic acids is 1. The Hall–Kier alpha value is -1.37. The second-order valence-corrected chi connectivity index (χ2v) is 7.11. The van der Waals surface area contributed by atoms with Gasteiger partial charge in [-0.2, -0.15) is 0 Å². The van der Waals surface area contributed by atoms with E-state index in [-0.39, 0.29) is 6.42 Å². The van der Waals surface area contributed by atoms with Gasteiger partial charge in [-0.05, 0) is 20.3 Å². The Balaban J connectivity index is 2.21. The predicted molar refractivity (Wildman–Crippen MR) is 58.5 cm³/mol. The lowest BCUT2D eigenvalue weighted by molar-refractivity contribution is -0.141. The molecule has 1 saturated heterocycles. The Morgan fingerprint density at radius 1 is 1.47 bits per heavy atom. The van der Waals surface area contributed by atoms with E-state index in [4.69, 9.17) is 5.11 Å². The number of carbonyl (C=O) groups is 2. The zero-order chi connectivity index (χ0) is 13.0. The molecular weight excluding hydrogens is 246 g/mol. The quantitative estimate of drug-likeness (QED) is 0.703. The lowest BCUT2D eigenvalue weighted by atomic mass is 10.1. The van der Waals surface area contributed by atoms with E-state index in [1.54, 1.807) is 0 Å². The van der Waals surface area contributed by atoms with Gasteiger partial charge in [-0.25, -0.2) is 12.7 Å². The molecule has 1 aliphatic heterocycles. The van der Waals surface area contributed by atoms with Crippen LogP contribution >= 0.6 is 0 Å². The minimum atomic E-state index is -3.64. The van der Waals surface area contributed by atoms with Crippen molar-refractivity contribution in [2.24, 2.45) is 5.92 Å². The fourth-order valence-electron chi connectivity index (χ4n) is 2.06. The number of nitrogens with zero attached hydrogens (tertiary/aromatic N) is 1. The van der Waals surface area contributed by atoms with Gasteiger partial charge in [0.15, 0.2) is 4.75 Å². The number of hydrogen-bond donors (Lipinski definition) is 1. The molecule has 0 spiro atoms. The molecule has 0 saturated carbocycles. The van der Waals surface area contributed by atoms with Gasteiger partial charge >= 0.3 is 5.97 Å². The van der Waals surface area contributed by atoms with E-state index in [0.29, 0.717) is 0 Å². The van der Waals surface area contributed by atoms with E-state index in [1.807, 2.05) is 0 Å². The van der Waals surface area contributed by atoms with Crippen LogP contribution in [0.15, 0.2) is 12.2 Å². The number of sulfonamides is 1. The molecule has 0 bridgehead atoms. The van der Waals surface area contributed by atoms with Crippen LogP contribution in [-0.2, 0) is 19.6 Å². The Kier molecular flexibility index (Phi) is 2.36. The molecule has 7 heteroatoms. The standard InChI is InChI=1S/C10H13NO5S/c1-10(2)9(14)11(17(10,15)16)7-4-3-6(5-7)8(12)13/h3-4,6-7H,5H2,1-2H3,(H,12,13). The number of carbonyl (C=O) groups excluding carboxylic acids is 1. The van der Waals surface area contributed by atoms with Crippen molar-refractivity contribution in [3.63, 3.8) is 0 Å². The molecule has 1 amide bonds. The summed E-state index contributed by atoms with van der Waals surface area (Å²) in [6, 6.07) is -0.651. The molecule has 94 valence electrons. The van der Waals surface area contributed by atoms with E-state index >= 15 is 0 Å². The predicted octanol–water partition coefficient (Wildman–Crippen LogP) is -0.0337. The van der Waals surface area contributed by atoms with Gasteiger partial charge in [0.25, 0.3) is 15.9 Å². The zero-order valence-electron chi connectivity index (χ0n) is 9.45. The molecule has 2 atom stereocenters. The molecule has 0 aromatic carbocycles. The maximum absolute atomic E-state index is 11.9. The van der Waals surface area contributed by atoms with E-state index in [2.05, 4.69) is 0 Å². The number of amides is 1. The maximum atomic E-state index is 11.9. The van der Waals surface area contributed by atoms with Crippen LogP contribution in [0.25, 0.3) is 0 Å². The third-order valence-electron chi connectivity index (χ3n) is 3.30. The summed E-state index contributed by atoms with van der Waals surface area (Å²) in [5.41, 5.74) is 0. The van der Waals surface area contributed by atoms with Crippen molar-refractivity contribution in [3.05, 3.63) is 12.2 Å². The fraction of sp³-hybridized carbons (Fsp3) is 0.600. The Morgan fingerprint density at radius 2 is 2.06 bits per heavy atom. The molecule has 0 aromatic rings. The molecule has 1 heterocycles. The van der Waals surface area contributed by atoms with Gasteiger partial charge in [0.05, 0.1) is 12.0 Å². The number of aliphatic carboxylic acids is 1. The summed E-state index contributed by atoms with van der Waals surface area (Å²) in [5.74, 6) is -2.20. The van der Waals surface area contributed by atoms with Gasteiger partial charge < -0.3 is 5.11 Å². The summed E-state index contributed by atoms with van der Waals surface area (Å²) < 4.78 is 23.1. The van der Waals surface area contributed by atoms with Crippen LogP contribution < -0.4 is 0 Å². The smallest absolute Gasteiger partial charge is 0.310 e. The first-order valence-electron chi connectivity index (χ1n) is 5.19. The number of carboxylic acid groups (broad SMARTS) is 1. The number of rotatable bonds is 2. The van der Waals surface area contributed by atoms with Crippen LogP contribution in [0.2, 0.25) is 0 Å². The summed E-state index contributed by atoms with van der Waals surface area (Å²) in [7, 11) is -3.64. The third kappa shape index (κ3) is 1.41. The minimum Gasteiger partial charge on any atom is -0.481 e. The largest absolute Gasteiger partial charge is 0.481 e. The first kappa shape index (κ1) is 12.1. The van der Waals surface area contributed by atoms with E-state index in [9.17, 15) is 18.0 Å². The summed E-state index contributed by atoms with van der Waals surface area (Å²) in [6.07, 6.45) is 3.03. The van der Waals surface area contributed by atoms with Crippen LogP contribution in [-0.4, -0.2) is 40.5 Å². The lowest BCUT2D eigenvalue weighted by Gasteiger charge is -2.45. The molecule has 2 rings (SSSR count). The molecule has 0 aromatic heterocycles. The SMILES string of the molecule is CC1(C)C(=O)N(C2C=CC(C(=O)O)C2)S1(=O)=O. The topological polar surface area (TPSA) is 91.8 Å². The van der Waals surface area contributed by atoms with Crippen molar-refractivity contribution in [2.75, 3.05) is 0 Å². The first-order valence-corrected chi connectivity index (χ1v) is 6.63. The molecule has 6 nitrogen and oxygen atoms in total. The van der Waals surface area contributed by atoms with Crippen molar-refractivity contribution < 1.29 is 23.1 Å². The normalized spacial score (nSPS) is 33.5. The maximum Gasteiger partial charge on any atom is 0.310 e. The van der Waals surface area contributed by atoms with Crippen LogP contribution in [0, 0.1) is 5.92 Å². The summed E-state index contributed by atoms with van der Waals surface area (Å²) >= 11 is 0. The highest BCUT2D eigenvalue weighted by Gasteiger charge is 2.62. The molecule has 0 radical (unpaired) electrons. The minimum absolute atomic E-state index is 0.121. The van der Waals surface area contributed by atoms with Crippen molar-refractivity contribution in [2.45, 2.75) is 31.1 Å². The average Bonchev–Trinajstić information content (AvgIpc) is 2.66. The van der Waals surface area contributed by atoms with Gasteiger partial charge in [-0.15, -0.1) is 0 Å². The van der Waals surface area contributed by atoms with Gasteiger partial charge in [0.2, 0.25) is 0 Å². The Morgan fingerprint density at radius 3 is 2.47 bits per heavy atom. The Bertz CT molecular complexity index is 519. The molecular formula is C10H13NO5S. The van der Waals surface area contributed by atoms with E-state index in [0.717, 1.165) is 4.31 Å². The highest BCUT2D eigenvalue weighted by molar-refractivity contribution is 7.94.